The summed E-state index contributed by atoms with van der Waals surface area (Å²) in [6.45, 7) is 6.63. The molecule has 0 spiro atoms. The standard InChI is InChI=1S/C9H18N2O2S.ClH/c1-7(10)8(12)11-4-5-14(13)9(2,3)6-11;/h7H,4-6,10H2,1-3H3;1H/t7-,14?;/m1./s1. The highest BCUT2D eigenvalue weighted by molar-refractivity contribution is 7.86. The van der Waals surface area contributed by atoms with Gasteiger partial charge in [-0.25, -0.2) is 0 Å². The summed E-state index contributed by atoms with van der Waals surface area (Å²) < 4.78 is 11.3. The molecule has 90 valence electrons. The summed E-state index contributed by atoms with van der Waals surface area (Å²) in [5, 5.41) is 0. The monoisotopic (exact) mass is 254 g/mol. The first-order chi connectivity index (χ1) is 6.34. The molecule has 4 nitrogen and oxygen atoms in total. The maximum atomic E-state index is 11.6. The van der Waals surface area contributed by atoms with E-state index < -0.39 is 16.8 Å². The van der Waals surface area contributed by atoms with Gasteiger partial charge in [-0.3, -0.25) is 9.00 Å². The zero-order chi connectivity index (χ0) is 10.9. The molecule has 1 heterocycles. The maximum absolute atomic E-state index is 11.6. The lowest BCUT2D eigenvalue weighted by atomic mass is 10.1. The number of amides is 1. The molecule has 1 unspecified atom stereocenters. The van der Waals surface area contributed by atoms with E-state index in [2.05, 4.69) is 0 Å². The Morgan fingerprint density at radius 3 is 2.47 bits per heavy atom. The Bertz CT molecular complexity index is 269. The van der Waals surface area contributed by atoms with Crippen molar-refractivity contribution in [3.05, 3.63) is 0 Å². The van der Waals surface area contributed by atoms with Crippen LogP contribution >= 0.6 is 12.4 Å². The first kappa shape index (κ1) is 14.9. The van der Waals surface area contributed by atoms with E-state index in [-0.39, 0.29) is 23.1 Å². The van der Waals surface area contributed by atoms with Gasteiger partial charge in [0.15, 0.2) is 0 Å². The third-order valence-corrected chi connectivity index (χ3v) is 4.35. The van der Waals surface area contributed by atoms with Crippen LogP contribution in [0.5, 0.6) is 0 Å². The molecule has 6 heteroatoms. The molecule has 0 aromatic rings. The van der Waals surface area contributed by atoms with Crippen molar-refractivity contribution in [3.8, 4) is 0 Å². The average Bonchev–Trinajstić information content (AvgIpc) is 2.08. The summed E-state index contributed by atoms with van der Waals surface area (Å²) in [5.41, 5.74) is 5.52. The first-order valence-corrected chi connectivity index (χ1v) is 6.09. The molecule has 0 radical (unpaired) electrons. The molecule has 2 atom stereocenters. The lowest BCUT2D eigenvalue weighted by Gasteiger charge is -2.37. The Morgan fingerprint density at radius 1 is 1.53 bits per heavy atom. The number of hydrogen-bond acceptors (Lipinski definition) is 3. The molecule has 1 rings (SSSR count). The smallest absolute Gasteiger partial charge is 0.239 e. The van der Waals surface area contributed by atoms with E-state index in [1.54, 1.807) is 11.8 Å². The fourth-order valence-electron chi connectivity index (χ4n) is 1.56. The molecule has 1 aliphatic rings. The summed E-state index contributed by atoms with van der Waals surface area (Å²) in [5.74, 6) is 0.514. The Labute approximate surface area is 99.4 Å². The molecule has 0 bridgehead atoms. The number of carbonyl (C=O) groups is 1. The van der Waals surface area contributed by atoms with E-state index in [9.17, 15) is 9.00 Å². The van der Waals surface area contributed by atoms with Gasteiger partial charge in [0, 0.05) is 29.6 Å². The molecular weight excluding hydrogens is 236 g/mol. The van der Waals surface area contributed by atoms with Crippen LogP contribution in [0.4, 0.5) is 0 Å². The minimum absolute atomic E-state index is 0. The van der Waals surface area contributed by atoms with E-state index >= 15 is 0 Å². The van der Waals surface area contributed by atoms with Crippen LogP contribution in [0.25, 0.3) is 0 Å². The first-order valence-electron chi connectivity index (χ1n) is 4.77. The fourth-order valence-corrected chi connectivity index (χ4v) is 2.79. The van der Waals surface area contributed by atoms with E-state index in [1.807, 2.05) is 13.8 Å². The van der Waals surface area contributed by atoms with Gasteiger partial charge in [-0.15, -0.1) is 12.4 Å². The van der Waals surface area contributed by atoms with Crippen LogP contribution in [-0.4, -0.2) is 44.6 Å². The van der Waals surface area contributed by atoms with Crippen molar-refractivity contribution in [2.24, 2.45) is 5.73 Å². The highest BCUT2D eigenvalue weighted by atomic mass is 35.5. The molecule has 0 aliphatic carbocycles. The van der Waals surface area contributed by atoms with Gasteiger partial charge in [0.05, 0.1) is 10.8 Å². The van der Waals surface area contributed by atoms with Crippen molar-refractivity contribution < 1.29 is 9.00 Å². The van der Waals surface area contributed by atoms with Crippen LogP contribution in [0.1, 0.15) is 20.8 Å². The summed E-state index contributed by atoms with van der Waals surface area (Å²) >= 11 is 0. The van der Waals surface area contributed by atoms with Gasteiger partial charge in [0.2, 0.25) is 5.91 Å². The fraction of sp³-hybridized carbons (Fsp3) is 0.889. The zero-order valence-corrected chi connectivity index (χ0v) is 11.0. The van der Waals surface area contributed by atoms with Crippen molar-refractivity contribution >= 4 is 29.1 Å². The Balaban J connectivity index is 0.00000196. The Kier molecular flexibility index (Phi) is 5.23. The SMILES string of the molecule is C[C@@H](N)C(=O)N1CCS(=O)C(C)(C)C1.Cl. The topological polar surface area (TPSA) is 63.4 Å². The molecule has 1 saturated heterocycles. The van der Waals surface area contributed by atoms with Crippen molar-refractivity contribution in [2.45, 2.75) is 31.6 Å². The lowest BCUT2D eigenvalue weighted by Crippen LogP contribution is -2.55. The average molecular weight is 255 g/mol. The molecule has 2 N–H and O–H groups in total. The number of rotatable bonds is 1. The summed E-state index contributed by atoms with van der Waals surface area (Å²) in [6.07, 6.45) is 0. The van der Waals surface area contributed by atoms with Gasteiger partial charge in [-0.1, -0.05) is 0 Å². The van der Waals surface area contributed by atoms with Gasteiger partial charge in [0.1, 0.15) is 0 Å². The van der Waals surface area contributed by atoms with Crippen LogP contribution in [0.2, 0.25) is 0 Å². The molecule has 1 amide bonds. The third kappa shape index (κ3) is 3.43. The highest BCUT2D eigenvalue weighted by Gasteiger charge is 2.35. The van der Waals surface area contributed by atoms with Crippen LogP contribution in [0.3, 0.4) is 0 Å². The van der Waals surface area contributed by atoms with E-state index in [0.29, 0.717) is 18.8 Å². The van der Waals surface area contributed by atoms with Crippen LogP contribution in [0, 0.1) is 0 Å². The van der Waals surface area contributed by atoms with Crippen molar-refractivity contribution in [1.82, 2.24) is 4.90 Å². The maximum Gasteiger partial charge on any atom is 0.239 e. The molecule has 0 aromatic carbocycles. The van der Waals surface area contributed by atoms with Crippen molar-refractivity contribution in [3.63, 3.8) is 0 Å². The summed E-state index contributed by atoms with van der Waals surface area (Å²) in [6, 6.07) is -0.461. The second-order valence-corrected chi connectivity index (χ2v) is 6.56. The number of nitrogens with two attached hydrogens (primary N) is 1. The number of halogens is 1. The summed E-state index contributed by atoms with van der Waals surface area (Å²) in [4.78, 5) is 13.3. The van der Waals surface area contributed by atoms with Gasteiger partial charge in [0.25, 0.3) is 0 Å². The quantitative estimate of drug-likeness (QED) is 0.723. The summed E-state index contributed by atoms with van der Waals surface area (Å²) in [7, 11) is -0.836. The largest absolute Gasteiger partial charge is 0.339 e. The third-order valence-electron chi connectivity index (χ3n) is 2.44. The van der Waals surface area contributed by atoms with Crippen molar-refractivity contribution in [2.75, 3.05) is 18.8 Å². The van der Waals surface area contributed by atoms with Gasteiger partial charge in [-0.2, -0.15) is 0 Å². The zero-order valence-electron chi connectivity index (χ0n) is 9.36. The van der Waals surface area contributed by atoms with Crippen molar-refractivity contribution in [1.29, 1.82) is 0 Å². The highest BCUT2D eigenvalue weighted by Crippen LogP contribution is 2.20. The van der Waals surface area contributed by atoms with E-state index in [1.165, 1.54) is 0 Å². The Morgan fingerprint density at radius 2 is 2.07 bits per heavy atom. The number of nitrogens with zero attached hydrogens (tertiary/aromatic N) is 1. The molecular formula is C9H19ClN2O2S. The second kappa shape index (κ2) is 5.27. The Hall–Kier alpha value is -0.130. The molecule has 1 fully saturated rings. The minimum atomic E-state index is -0.836. The van der Waals surface area contributed by atoms with E-state index in [0.717, 1.165) is 0 Å². The second-order valence-electron chi connectivity index (χ2n) is 4.36. The molecule has 0 aromatic heterocycles. The van der Waals surface area contributed by atoms with E-state index in [4.69, 9.17) is 5.73 Å². The van der Waals surface area contributed by atoms with Crippen LogP contribution in [0.15, 0.2) is 0 Å². The predicted molar refractivity (Wildman–Crippen MR) is 64.6 cm³/mol. The van der Waals surface area contributed by atoms with Gasteiger partial charge < -0.3 is 10.6 Å². The molecule has 0 saturated carbocycles. The predicted octanol–water partition coefficient (Wildman–Crippen LogP) is 0.125. The van der Waals surface area contributed by atoms with Crippen LogP contribution in [-0.2, 0) is 15.6 Å². The minimum Gasteiger partial charge on any atom is -0.339 e. The number of carbonyl (C=O) groups excluding carboxylic acids is 1. The van der Waals surface area contributed by atoms with Gasteiger partial charge >= 0.3 is 0 Å². The lowest BCUT2D eigenvalue weighted by molar-refractivity contribution is -0.132. The van der Waals surface area contributed by atoms with Crippen LogP contribution < -0.4 is 5.73 Å². The molecule has 1 aliphatic heterocycles. The normalized spacial score (nSPS) is 26.7. The number of hydrogen-bond donors (Lipinski definition) is 1. The molecule has 15 heavy (non-hydrogen) atoms. The van der Waals surface area contributed by atoms with Gasteiger partial charge in [-0.05, 0) is 20.8 Å².